The first-order chi connectivity index (χ1) is 27.7. The molecule has 11 rings (SSSR count). The van der Waals surface area contributed by atoms with E-state index in [9.17, 15) is 0 Å². The molecule has 3 nitrogen and oxygen atoms in total. The minimum absolute atomic E-state index is 0.662. The summed E-state index contributed by atoms with van der Waals surface area (Å²) in [5.41, 5.74) is 10.3. The second-order valence-corrected chi connectivity index (χ2v) is 16.1. The van der Waals surface area contributed by atoms with Crippen LogP contribution in [0.3, 0.4) is 0 Å². The topological polar surface area (TPSA) is 38.7 Å². The van der Waals surface area contributed by atoms with Crippen LogP contribution in [0.25, 0.3) is 108 Å². The normalized spacial score (nSPS) is 11.6. The number of rotatable bonds is 6. The lowest BCUT2D eigenvalue weighted by atomic mass is 9.93. The van der Waals surface area contributed by atoms with Gasteiger partial charge in [0.15, 0.2) is 17.5 Å². The molecule has 0 fully saturated rings. The number of thiophene rings is 2. The molecule has 0 atom stereocenters. The molecule has 56 heavy (non-hydrogen) atoms. The maximum absolute atomic E-state index is 5.02. The smallest absolute Gasteiger partial charge is 0.164 e. The summed E-state index contributed by atoms with van der Waals surface area (Å²) < 4.78 is 5.09. The number of aromatic nitrogens is 3. The van der Waals surface area contributed by atoms with E-state index in [1.807, 2.05) is 83.3 Å². The molecule has 0 N–H and O–H groups in total. The third-order valence-corrected chi connectivity index (χ3v) is 12.9. The zero-order valence-electron chi connectivity index (χ0n) is 30.1. The van der Waals surface area contributed by atoms with Crippen LogP contribution in [0.5, 0.6) is 0 Å². The van der Waals surface area contributed by atoms with Gasteiger partial charge in [-0.25, -0.2) is 15.0 Å². The summed E-state index contributed by atoms with van der Waals surface area (Å²) in [6.07, 6.45) is 0. The van der Waals surface area contributed by atoms with Crippen LogP contribution in [0.2, 0.25) is 0 Å². The van der Waals surface area contributed by atoms with Gasteiger partial charge in [-0.2, -0.15) is 0 Å². The fraction of sp³-hybridized carbons (Fsp3) is 0. The van der Waals surface area contributed by atoms with Crippen molar-refractivity contribution in [2.75, 3.05) is 0 Å². The monoisotopic (exact) mass is 749 g/mol. The Balaban J connectivity index is 1.08. The first-order valence-electron chi connectivity index (χ1n) is 18.7. The predicted octanol–water partition coefficient (Wildman–Crippen LogP) is 14.6. The third-order valence-electron chi connectivity index (χ3n) is 10.5. The summed E-state index contributed by atoms with van der Waals surface area (Å²) in [5.74, 6) is 1.98. The van der Waals surface area contributed by atoms with Gasteiger partial charge in [-0.15, -0.1) is 22.7 Å². The number of nitrogens with zero attached hydrogens (tertiary/aromatic N) is 3. The van der Waals surface area contributed by atoms with Crippen LogP contribution in [0, 0.1) is 0 Å². The molecule has 262 valence electrons. The SMILES string of the molecule is c1ccc(-c2cccc(-c3cc(-c4cccc5c4sc4cc(-c6nc(-c7ccccc7)nc(-c7ccccc7)n6)ccc45)cc4c3sc3ccccc34)c2)cc1. The van der Waals surface area contributed by atoms with E-state index in [0.717, 1.165) is 16.7 Å². The lowest BCUT2D eigenvalue weighted by Crippen LogP contribution is -1.99. The number of benzene rings is 8. The van der Waals surface area contributed by atoms with Crippen LogP contribution in [-0.2, 0) is 0 Å². The van der Waals surface area contributed by atoms with E-state index in [-0.39, 0.29) is 0 Å². The van der Waals surface area contributed by atoms with E-state index in [1.54, 1.807) is 0 Å². The van der Waals surface area contributed by atoms with Gasteiger partial charge in [0.05, 0.1) is 0 Å². The van der Waals surface area contributed by atoms with Crippen molar-refractivity contribution in [3.8, 4) is 67.5 Å². The van der Waals surface area contributed by atoms with Gasteiger partial charge >= 0.3 is 0 Å². The van der Waals surface area contributed by atoms with E-state index in [0.29, 0.717) is 17.5 Å². The molecular weight excluding hydrogens is 719 g/mol. The van der Waals surface area contributed by atoms with Crippen LogP contribution < -0.4 is 0 Å². The molecule has 0 saturated carbocycles. The van der Waals surface area contributed by atoms with Gasteiger partial charge in [0.25, 0.3) is 0 Å². The highest BCUT2D eigenvalue weighted by atomic mass is 32.1. The Hall–Kier alpha value is -6.79. The van der Waals surface area contributed by atoms with Gasteiger partial charge in [-0.1, -0.05) is 158 Å². The Morgan fingerprint density at radius 1 is 0.268 bits per heavy atom. The molecule has 0 saturated heterocycles. The fourth-order valence-electron chi connectivity index (χ4n) is 7.80. The highest BCUT2D eigenvalue weighted by Crippen LogP contribution is 2.46. The van der Waals surface area contributed by atoms with Crippen LogP contribution >= 0.6 is 22.7 Å². The third kappa shape index (κ3) is 5.68. The largest absolute Gasteiger partial charge is 0.208 e. The van der Waals surface area contributed by atoms with Crippen LogP contribution in [-0.4, -0.2) is 15.0 Å². The minimum Gasteiger partial charge on any atom is -0.208 e. The highest BCUT2D eigenvalue weighted by molar-refractivity contribution is 7.27. The predicted molar refractivity (Wildman–Crippen MR) is 238 cm³/mol. The Morgan fingerprint density at radius 2 is 0.804 bits per heavy atom. The van der Waals surface area contributed by atoms with Crippen molar-refractivity contribution in [1.82, 2.24) is 15.0 Å². The molecule has 0 bridgehead atoms. The van der Waals surface area contributed by atoms with E-state index < -0.39 is 0 Å². The molecule has 11 aromatic rings. The van der Waals surface area contributed by atoms with Crippen molar-refractivity contribution in [2.45, 2.75) is 0 Å². The van der Waals surface area contributed by atoms with E-state index in [2.05, 4.69) is 127 Å². The molecule has 8 aromatic carbocycles. The summed E-state index contributed by atoms with van der Waals surface area (Å²) in [5, 5.41) is 5.07. The molecule has 3 heterocycles. The minimum atomic E-state index is 0.662. The fourth-order valence-corrected chi connectivity index (χ4v) is 10.3. The summed E-state index contributed by atoms with van der Waals surface area (Å²) in [6.45, 7) is 0. The van der Waals surface area contributed by atoms with Crippen molar-refractivity contribution in [3.63, 3.8) is 0 Å². The standard InChI is InChI=1S/C51H31N3S2/c1-4-14-32(15-5-1)35-20-12-21-36(28-35)43-29-38(30-44-40-22-10-11-25-45(40)55-48(43)44)39-23-13-24-42-41-27-26-37(31-46(41)56-47(39)42)51-53-49(33-16-6-2-7-17-33)52-50(54-51)34-18-8-3-9-19-34/h1-31H. The molecule has 0 unspecified atom stereocenters. The van der Waals surface area contributed by atoms with Gasteiger partial charge in [0.1, 0.15) is 0 Å². The Morgan fingerprint density at radius 3 is 1.54 bits per heavy atom. The van der Waals surface area contributed by atoms with Crippen LogP contribution in [0.15, 0.2) is 188 Å². The second-order valence-electron chi connectivity index (χ2n) is 14.0. The van der Waals surface area contributed by atoms with E-state index >= 15 is 0 Å². The zero-order valence-corrected chi connectivity index (χ0v) is 31.7. The molecule has 0 aliphatic heterocycles. The van der Waals surface area contributed by atoms with Gasteiger partial charge in [0.2, 0.25) is 0 Å². The Labute approximate surface area is 331 Å². The van der Waals surface area contributed by atoms with Crippen molar-refractivity contribution >= 4 is 63.0 Å². The molecular formula is C51H31N3S2. The molecule has 0 amide bonds. The van der Waals surface area contributed by atoms with Crippen LogP contribution in [0.1, 0.15) is 0 Å². The number of hydrogen-bond donors (Lipinski definition) is 0. The second kappa shape index (κ2) is 13.5. The van der Waals surface area contributed by atoms with Crippen molar-refractivity contribution in [2.24, 2.45) is 0 Å². The molecule has 3 aromatic heterocycles. The quantitative estimate of drug-likeness (QED) is 0.170. The summed E-state index contributed by atoms with van der Waals surface area (Å²) in [6, 6.07) is 66.9. The maximum Gasteiger partial charge on any atom is 0.164 e. The summed E-state index contributed by atoms with van der Waals surface area (Å²) >= 11 is 3.72. The van der Waals surface area contributed by atoms with Gasteiger partial charge < -0.3 is 0 Å². The van der Waals surface area contributed by atoms with Gasteiger partial charge in [0, 0.05) is 62.6 Å². The summed E-state index contributed by atoms with van der Waals surface area (Å²) in [4.78, 5) is 15.0. The van der Waals surface area contributed by atoms with Crippen LogP contribution in [0.4, 0.5) is 0 Å². The number of hydrogen-bond acceptors (Lipinski definition) is 5. The first kappa shape index (κ1) is 32.6. The molecule has 5 heteroatoms. The maximum atomic E-state index is 5.02. The van der Waals surface area contributed by atoms with Crippen molar-refractivity contribution in [3.05, 3.63) is 188 Å². The molecule has 0 aliphatic rings. The highest BCUT2D eigenvalue weighted by Gasteiger charge is 2.18. The van der Waals surface area contributed by atoms with Gasteiger partial charge in [-0.3, -0.25) is 0 Å². The lowest BCUT2D eigenvalue weighted by Gasteiger charge is -2.11. The molecule has 0 radical (unpaired) electrons. The average Bonchev–Trinajstić information content (AvgIpc) is 3.85. The Kier molecular flexibility index (Phi) is 7.87. The summed E-state index contributed by atoms with van der Waals surface area (Å²) in [7, 11) is 0. The zero-order chi connectivity index (χ0) is 37.0. The molecule has 0 spiro atoms. The van der Waals surface area contributed by atoms with E-state index in [4.69, 9.17) is 15.0 Å². The lowest BCUT2D eigenvalue weighted by molar-refractivity contribution is 1.07. The number of fused-ring (bicyclic) bond motifs is 6. The first-order valence-corrected chi connectivity index (χ1v) is 20.3. The average molecular weight is 750 g/mol. The van der Waals surface area contributed by atoms with Crippen molar-refractivity contribution < 1.29 is 0 Å². The molecule has 0 aliphatic carbocycles. The Bertz CT molecular complexity index is 3180. The van der Waals surface area contributed by atoms with Gasteiger partial charge in [-0.05, 0) is 58.1 Å². The van der Waals surface area contributed by atoms with E-state index in [1.165, 1.54) is 73.7 Å². The van der Waals surface area contributed by atoms with Crippen molar-refractivity contribution in [1.29, 1.82) is 0 Å².